The SMILES string of the molecule is CCOC(=O)/C=C/C=C/c1c(CO[Si](C)(C)C(C)(C)C)ccc2c1[C@H](C)C[C@H](C)C2. The molecule has 2 atom stereocenters. The van der Waals surface area contributed by atoms with Gasteiger partial charge in [-0.3, -0.25) is 0 Å². The molecule has 0 N–H and O–H groups in total. The van der Waals surface area contributed by atoms with Crippen LogP contribution in [0.2, 0.25) is 18.1 Å². The Morgan fingerprint density at radius 2 is 1.90 bits per heavy atom. The van der Waals surface area contributed by atoms with Gasteiger partial charge < -0.3 is 9.16 Å². The number of ether oxygens (including phenoxy) is 1. The molecule has 0 bridgehead atoms. The van der Waals surface area contributed by atoms with Crippen LogP contribution >= 0.6 is 0 Å². The van der Waals surface area contributed by atoms with E-state index in [0.29, 0.717) is 25.0 Å². The molecule has 1 aromatic carbocycles. The first-order chi connectivity index (χ1) is 14.0. The number of carbonyl (C=O) groups excluding carboxylic acids is 1. The van der Waals surface area contributed by atoms with Gasteiger partial charge in [0.25, 0.3) is 0 Å². The van der Waals surface area contributed by atoms with Gasteiger partial charge in [0.15, 0.2) is 8.32 Å². The number of allylic oxidation sites excluding steroid dienone is 2. The molecular formula is C26H40O3Si. The molecular weight excluding hydrogens is 388 g/mol. The maximum Gasteiger partial charge on any atom is 0.330 e. The number of carbonyl (C=O) groups is 1. The Bertz CT molecular complexity index is 799. The molecule has 1 aliphatic rings. The van der Waals surface area contributed by atoms with Crippen molar-refractivity contribution in [3.8, 4) is 0 Å². The second-order valence-corrected chi connectivity index (χ2v) is 15.0. The van der Waals surface area contributed by atoms with E-state index in [1.165, 1.54) is 34.8 Å². The zero-order valence-corrected chi connectivity index (χ0v) is 21.2. The monoisotopic (exact) mass is 428 g/mol. The summed E-state index contributed by atoms with van der Waals surface area (Å²) < 4.78 is 11.5. The quantitative estimate of drug-likeness (QED) is 0.202. The summed E-state index contributed by atoms with van der Waals surface area (Å²) in [6.45, 7) is 18.9. The van der Waals surface area contributed by atoms with Crippen molar-refractivity contribution in [3.05, 3.63) is 52.6 Å². The van der Waals surface area contributed by atoms with Gasteiger partial charge in [0, 0.05) is 6.08 Å². The zero-order valence-electron chi connectivity index (χ0n) is 20.2. The third-order valence-electron chi connectivity index (χ3n) is 6.57. The fourth-order valence-electron chi connectivity index (χ4n) is 3.94. The van der Waals surface area contributed by atoms with Crippen LogP contribution in [0.15, 0.2) is 30.4 Å². The fourth-order valence-corrected chi connectivity index (χ4v) is 4.89. The van der Waals surface area contributed by atoms with E-state index in [-0.39, 0.29) is 11.0 Å². The summed E-state index contributed by atoms with van der Waals surface area (Å²) in [6.07, 6.45) is 9.68. The summed E-state index contributed by atoms with van der Waals surface area (Å²) in [6, 6.07) is 4.54. The van der Waals surface area contributed by atoms with Crippen molar-refractivity contribution in [1.82, 2.24) is 0 Å². The van der Waals surface area contributed by atoms with Crippen LogP contribution in [0.3, 0.4) is 0 Å². The molecule has 1 aromatic rings. The minimum Gasteiger partial charge on any atom is -0.463 e. The van der Waals surface area contributed by atoms with Crippen molar-refractivity contribution in [3.63, 3.8) is 0 Å². The predicted octanol–water partition coefficient (Wildman–Crippen LogP) is 7.03. The largest absolute Gasteiger partial charge is 0.463 e. The summed E-state index contributed by atoms with van der Waals surface area (Å²) in [5, 5.41) is 0.183. The number of esters is 1. The van der Waals surface area contributed by atoms with E-state index < -0.39 is 8.32 Å². The zero-order chi connectivity index (χ0) is 22.5. The highest BCUT2D eigenvalue weighted by atomic mass is 28.4. The van der Waals surface area contributed by atoms with Gasteiger partial charge in [0.1, 0.15) is 0 Å². The highest BCUT2D eigenvalue weighted by Crippen LogP contribution is 2.40. The first-order valence-corrected chi connectivity index (χ1v) is 14.2. The fraction of sp³-hybridized carbons (Fsp3) is 0.577. The molecule has 4 heteroatoms. The van der Waals surface area contributed by atoms with Gasteiger partial charge in [-0.2, -0.15) is 0 Å². The molecule has 0 saturated heterocycles. The van der Waals surface area contributed by atoms with Gasteiger partial charge >= 0.3 is 5.97 Å². The van der Waals surface area contributed by atoms with Gasteiger partial charge in [-0.25, -0.2) is 4.79 Å². The molecule has 0 aromatic heterocycles. The topological polar surface area (TPSA) is 35.5 Å². The number of hydrogen-bond acceptors (Lipinski definition) is 3. The molecule has 1 aliphatic carbocycles. The summed E-state index contributed by atoms with van der Waals surface area (Å²) >= 11 is 0. The van der Waals surface area contributed by atoms with E-state index in [1.807, 2.05) is 13.0 Å². The summed E-state index contributed by atoms with van der Waals surface area (Å²) in [5.41, 5.74) is 5.40. The Morgan fingerprint density at radius 3 is 2.53 bits per heavy atom. The van der Waals surface area contributed by atoms with Crippen molar-refractivity contribution in [2.45, 2.75) is 85.0 Å². The minimum atomic E-state index is -1.84. The van der Waals surface area contributed by atoms with Crippen LogP contribution in [-0.4, -0.2) is 20.9 Å². The Kier molecular flexibility index (Phi) is 8.29. The van der Waals surface area contributed by atoms with E-state index in [9.17, 15) is 4.79 Å². The van der Waals surface area contributed by atoms with E-state index in [4.69, 9.17) is 9.16 Å². The Labute approximate surface area is 184 Å². The second kappa shape index (κ2) is 10.1. The van der Waals surface area contributed by atoms with Crippen LogP contribution in [0.4, 0.5) is 0 Å². The number of hydrogen-bond donors (Lipinski definition) is 0. The first kappa shape index (κ1) is 24.6. The normalized spacial score (nSPS) is 20.0. The molecule has 0 unspecified atom stereocenters. The van der Waals surface area contributed by atoms with Crippen LogP contribution in [0.25, 0.3) is 6.08 Å². The summed E-state index contributed by atoms with van der Waals surface area (Å²) in [7, 11) is -1.84. The average molecular weight is 429 g/mol. The molecule has 0 amide bonds. The number of fused-ring (bicyclic) bond motifs is 1. The van der Waals surface area contributed by atoms with Crippen LogP contribution < -0.4 is 0 Å². The summed E-state index contributed by atoms with van der Waals surface area (Å²) in [5.74, 6) is 0.925. The molecule has 0 radical (unpaired) electrons. The Balaban J connectivity index is 2.37. The summed E-state index contributed by atoms with van der Waals surface area (Å²) in [4.78, 5) is 11.6. The van der Waals surface area contributed by atoms with Crippen LogP contribution in [0.5, 0.6) is 0 Å². The van der Waals surface area contributed by atoms with Gasteiger partial charge in [-0.05, 0) is 72.0 Å². The molecule has 2 rings (SSSR count). The molecule has 0 fully saturated rings. The third kappa shape index (κ3) is 6.18. The Hall–Kier alpha value is -1.65. The second-order valence-electron chi connectivity index (χ2n) is 10.2. The van der Waals surface area contributed by atoms with E-state index >= 15 is 0 Å². The molecule has 3 nitrogen and oxygen atoms in total. The van der Waals surface area contributed by atoms with E-state index in [2.05, 4.69) is 65.9 Å². The molecule has 166 valence electrons. The van der Waals surface area contributed by atoms with Gasteiger partial charge in [0.05, 0.1) is 13.2 Å². The predicted molar refractivity (Wildman–Crippen MR) is 129 cm³/mol. The van der Waals surface area contributed by atoms with Crippen molar-refractivity contribution < 1.29 is 14.0 Å². The highest BCUT2D eigenvalue weighted by molar-refractivity contribution is 6.74. The van der Waals surface area contributed by atoms with Gasteiger partial charge in [-0.15, -0.1) is 0 Å². The first-order valence-electron chi connectivity index (χ1n) is 11.3. The number of rotatable bonds is 7. The maximum atomic E-state index is 11.6. The van der Waals surface area contributed by atoms with Crippen molar-refractivity contribution >= 4 is 20.4 Å². The van der Waals surface area contributed by atoms with Crippen LogP contribution in [0.1, 0.15) is 76.1 Å². The molecule has 0 aliphatic heterocycles. The Morgan fingerprint density at radius 1 is 1.20 bits per heavy atom. The minimum absolute atomic E-state index is 0.183. The van der Waals surface area contributed by atoms with E-state index in [0.717, 1.165) is 6.42 Å². The third-order valence-corrected chi connectivity index (χ3v) is 11.1. The lowest BCUT2D eigenvalue weighted by Crippen LogP contribution is -2.40. The van der Waals surface area contributed by atoms with Crippen molar-refractivity contribution in [2.24, 2.45) is 5.92 Å². The van der Waals surface area contributed by atoms with Gasteiger partial charge in [0.2, 0.25) is 0 Å². The molecule has 30 heavy (non-hydrogen) atoms. The van der Waals surface area contributed by atoms with Crippen molar-refractivity contribution in [1.29, 1.82) is 0 Å². The van der Waals surface area contributed by atoms with Gasteiger partial charge in [-0.1, -0.05) is 65.0 Å². The van der Waals surface area contributed by atoms with Crippen LogP contribution in [0, 0.1) is 5.92 Å². The lowest BCUT2D eigenvalue weighted by molar-refractivity contribution is -0.137. The number of benzene rings is 1. The smallest absolute Gasteiger partial charge is 0.330 e. The highest BCUT2D eigenvalue weighted by Gasteiger charge is 2.37. The van der Waals surface area contributed by atoms with Crippen LogP contribution in [-0.2, 0) is 27.0 Å². The maximum absolute atomic E-state index is 11.6. The van der Waals surface area contributed by atoms with E-state index in [1.54, 1.807) is 6.08 Å². The standard InChI is InChI=1S/C26H40O3Si/c1-9-28-24(27)13-11-10-12-23-22(18-29-30(7,8)26(4,5)6)15-14-21-17-19(2)16-20(3)25(21)23/h10-15,19-20H,9,16-18H2,1-8H3/b12-10+,13-11+/t19-,20+/m0/s1. The molecule has 0 spiro atoms. The lowest BCUT2D eigenvalue weighted by Gasteiger charge is -2.37. The molecule has 0 saturated carbocycles. The van der Waals surface area contributed by atoms with Crippen molar-refractivity contribution in [2.75, 3.05) is 6.61 Å². The lowest BCUT2D eigenvalue weighted by atomic mass is 9.75. The molecule has 0 heterocycles. The average Bonchev–Trinajstić information content (AvgIpc) is 2.63.